The Hall–Kier alpha value is -0.530. The average molecular weight is 210 g/mol. The van der Waals surface area contributed by atoms with Gasteiger partial charge in [-0.25, -0.2) is 0 Å². The molecule has 0 spiro atoms. The van der Waals surface area contributed by atoms with Crippen LogP contribution in [0.2, 0.25) is 5.02 Å². The van der Waals surface area contributed by atoms with E-state index >= 15 is 0 Å². The highest BCUT2D eigenvalue weighted by Gasteiger charge is 2.21. The number of hydrogen-bond acceptors (Lipinski definition) is 1. The van der Waals surface area contributed by atoms with Gasteiger partial charge in [-0.3, -0.25) is 0 Å². The predicted molar refractivity (Wildman–Crippen MR) is 60.3 cm³/mol. The van der Waals surface area contributed by atoms with Gasteiger partial charge in [0.2, 0.25) is 0 Å². The lowest BCUT2D eigenvalue weighted by atomic mass is 10.0. The summed E-state index contributed by atoms with van der Waals surface area (Å²) in [5.41, 5.74) is 7.28. The van der Waals surface area contributed by atoms with Gasteiger partial charge in [-0.05, 0) is 36.5 Å². The molecule has 1 atom stereocenters. The second-order valence-corrected chi connectivity index (χ2v) is 4.62. The Bertz CT molecular complexity index is 290. The highest BCUT2D eigenvalue weighted by atomic mass is 35.5. The van der Waals surface area contributed by atoms with E-state index in [9.17, 15) is 0 Å². The quantitative estimate of drug-likeness (QED) is 0.807. The Morgan fingerprint density at radius 3 is 2.50 bits per heavy atom. The first kappa shape index (κ1) is 10.0. The predicted octanol–water partition coefficient (Wildman–Crippen LogP) is 3.53. The lowest BCUT2D eigenvalue weighted by Crippen LogP contribution is -2.10. The Morgan fingerprint density at radius 1 is 1.29 bits per heavy atom. The molecule has 1 fully saturated rings. The average Bonchev–Trinajstić information content (AvgIpc) is 2.99. The lowest BCUT2D eigenvalue weighted by molar-refractivity contribution is 0.575. The van der Waals surface area contributed by atoms with Crippen LogP contribution in [0.25, 0.3) is 0 Å². The highest BCUT2D eigenvalue weighted by Crippen LogP contribution is 2.35. The lowest BCUT2D eigenvalue weighted by Gasteiger charge is -2.11. The molecule has 1 aliphatic carbocycles. The van der Waals surface area contributed by atoms with E-state index in [0.717, 1.165) is 17.4 Å². The van der Waals surface area contributed by atoms with Crippen LogP contribution in [-0.2, 0) is 0 Å². The molecule has 0 bridgehead atoms. The summed E-state index contributed by atoms with van der Waals surface area (Å²) < 4.78 is 0. The zero-order chi connectivity index (χ0) is 9.97. The monoisotopic (exact) mass is 209 g/mol. The summed E-state index contributed by atoms with van der Waals surface area (Å²) in [6, 6.07) is 8.06. The van der Waals surface area contributed by atoms with Crippen LogP contribution in [0.4, 0.5) is 0 Å². The molecule has 2 heteroatoms. The number of rotatable bonds is 4. The van der Waals surface area contributed by atoms with E-state index in [1.807, 2.05) is 24.3 Å². The van der Waals surface area contributed by atoms with E-state index in [1.165, 1.54) is 24.8 Å². The summed E-state index contributed by atoms with van der Waals surface area (Å²) >= 11 is 5.81. The molecule has 0 heterocycles. The minimum absolute atomic E-state index is 0.188. The van der Waals surface area contributed by atoms with Crippen molar-refractivity contribution in [3.8, 4) is 0 Å². The summed E-state index contributed by atoms with van der Waals surface area (Å²) in [7, 11) is 0. The largest absolute Gasteiger partial charge is 0.324 e. The fourth-order valence-electron chi connectivity index (χ4n) is 1.70. The van der Waals surface area contributed by atoms with Gasteiger partial charge >= 0.3 is 0 Å². The molecular formula is C12H16ClN. The van der Waals surface area contributed by atoms with Crippen molar-refractivity contribution in [2.24, 2.45) is 11.7 Å². The maximum absolute atomic E-state index is 6.08. The molecule has 0 radical (unpaired) electrons. The Kier molecular flexibility index (Phi) is 3.09. The van der Waals surface area contributed by atoms with Crippen LogP contribution in [0.1, 0.15) is 37.3 Å². The number of nitrogens with two attached hydrogens (primary N) is 1. The highest BCUT2D eigenvalue weighted by molar-refractivity contribution is 6.30. The SMILES string of the molecule is NC(CCC1CC1)c1ccc(Cl)cc1. The standard InChI is InChI=1S/C12H16ClN/c13-11-6-4-10(5-7-11)12(14)8-3-9-1-2-9/h4-7,9,12H,1-3,8,14H2. The first-order valence-electron chi connectivity index (χ1n) is 5.27. The molecule has 1 aromatic rings. The van der Waals surface area contributed by atoms with E-state index in [4.69, 9.17) is 17.3 Å². The maximum atomic E-state index is 6.08. The van der Waals surface area contributed by atoms with Gasteiger partial charge in [-0.2, -0.15) is 0 Å². The minimum Gasteiger partial charge on any atom is -0.324 e. The fraction of sp³-hybridized carbons (Fsp3) is 0.500. The van der Waals surface area contributed by atoms with Crippen LogP contribution in [-0.4, -0.2) is 0 Å². The van der Waals surface area contributed by atoms with Crippen molar-refractivity contribution in [2.75, 3.05) is 0 Å². The van der Waals surface area contributed by atoms with Gasteiger partial charge in [0.25, 0.3) is 0 Å². The summed E-state index contributed by atoms with van der Waals surface area (Å²) in [6.45, 7) is 0. The molecule has 0 aliphatic heterocycles. The molecule has 0 amide bonds. The molecular weight excluding hydrogens is 194 g/mol. The number of halogens is 1. The van der Waals surface area contributed by atoms with Crippen molar-refractivity contribution in [1.29, 1.82) is 0 Å². The number of hydrogen-bond donors (Lipinski definition) is 1. The van der Waals surface area contributed by atoms with E-state index in [-0.39, 0.29) is 6.04 Å². The van der Waals surface area contributed by atoms with Crippen molar-refractivity contribution >= 4 is 11.6 Å². The minimum atomic E-state index is 0.188. The van der Waals surface area contributed by atoms with Crippen LogP contribution >= 0.6 is 11.6 Å². The second-order valence-electron chi connectivity index (χ2n) is 4.18. The molecule has 1 aromatic carbocycles. The molecule has 1 unspecified atom stereocenters. The van der Waals surface area contributed by atoms with Crippen molar-refractivity contribution < 1.29 is 0 Å². The van der Waals surface area contributed by atoms with E-state index < -0.39 is 0 Å². The van der Waals surface area contributed by atoms with E-state index in [2.05, 4.69) is 0 Å². The molecule has 76 valence electrons. The van der Waals surface area contributed by atoms with Crippen LogP contribution in [0.15, 0.2) is 24.3 Å². The summed E-state index contributed by atoms with van der Waals surface area (Å²) in [4.78, 5) is 0. The molecule has 14 heavy (non-hydrogen) atoms. The van der Waals surface area contributed by atoms with Crippen LogP contribution in [0.5, 0.6) is 0 Å². The fourth-order valence-corrected chi connectivity index (χ4v) is 1.82. The molecule has 2 rings (SSSR count). The maximum Gasteiger partial charge on any atom is 0.0406 e. The summed E-state index contributed by atoms with van der Waals surface area (Å²) in [5, 5.41) is 0.781. The first-order valence-corrected chi connectivity index (χ1v) is 5.64. The summed E-state index contributed by atoms with van der Waals surface area (Å²) in [6.07, 6.45) is 5.21. The van der Waals surface area contributed by atoms with Crippen LogP contribution in [0.3, 0.4) is 0 Å². The third kappa shape index (κ3) is 2.73. The van der Waals surface area contributed by atoms with E-state index in [1.54, 1.807) is 0 Å². The van der Waals surface area contributed by atoms with Gasteiger partial charge in [-0.15, -0.1) is 0 Å². The van der Waals surface area contributed by atoms with Crippen molar-refractivity contribution in [3.63, 3.8) is 0 Å². The smallest absolute Gasteiger partial charge is 0.0406 e. The molecule has 1 saturated carbocycles. The van der Waals surface area contributed by atoms with Gasteiger partial charge in [0, 0.05) is 11.1 Å². The van der Waals surface area contributed by atoms with Crippen LogP contribution < -0.4 is 5.73 Å². The third-order valence-corrected chi connectivity index (χ3v) is 3.13. The van der Waals surface area contributed by atoms with E-state index in [0.29, 0.717) is 0 Å². The molecule has 0 saturated heterocycles. The Labute approximate surface area is 90.3 Å². The van der Waals surface area contributed by atoms with Crippen molar-refractivity contribution in [1.82, 2.24) is 0 Å². The number of benzene rings is 1. The zero-order valence-electron chi connectivity index (χ0n) is 8.25. The normalized spacial score (nSPS) is 18.1. The Morgan fingerprint density at radius 2 is 1.93 bits per heavy atom. The van der Waals surface area contributed by atoms with Gasteiger partial charge in [0.05, 0.1) is 0 Å². The zero-order valence-corrected chi connectivity index (χ0v) is 9.00. The van der Waals surface area contributed by atoms with Crippen molar-refractivity contribution in [3.05, 3.63) is 34.9 Å². The topological polar surface area (TPSA) is 26.0 Å². The molecule has 1 aliphatic rings. The van der Waals surface area contributed by atoms with Crippen molar-refractivity contribution in [2.45, 2.75) is 31.7 Å². The van der Waals surface area contributed by atoms with Gasteiger partial charge < -0.3 is 5.73 Å². The third-order valence-electron chi connectivity index (χ3n) is 2.88. The van der Waals surface area contributed by atoms with Gasteiger partial charge in [0.1, 0.15) is 0 Å². The first-order chi connectivity index (χ1) is 6.75. The molecule has 1 nitrogen and oxygen atoms in total. The van der Waals surface area contributed by atoms with Gasteiger partial charge in [-0.1, -0.05) is 36.6 Å². The summed E-state index contributed by atoms with van der Waals surface area (Å²) in [5.74, 6) is 0.966. The van der Waals surface area contributed by atoms with Gasteiger partial charge in [0.15, 0.2) is 0 Å². The molecule has 2 N–H and O–H groups in total. The second kappa shape index (κ2) is 4.33. The van der Waals surface area contributed by atoms with Crippen LogP contribution in [0, 0.1) is 5.92 Å². The molecule has 0 aromatic heterocycles. The Balaban J connectivity index is 1.88.